The molecule has 0 saturated heterocycles. The highest BCUT2D eigenvalue weighted by atomic mass is 16.1. The van der Waals surface area contributed by atoms with Crippen LogP contribution in [0.15, 0.2) is 24.7 Å². The van der Waals surface area contributed by atoms with E-state index in [2.05, 4.69) is 23.8 Å². The summed E-state index contributed by atoms with van der Waals surface area (Å²) in [6.45, 7) is 4.45. The standard InChI is InChI=1S/C16H20N2O/c1-16(2)7-4-3-5-13(16)15(19)12-10-18-14-6-8-17-9-11(12)14/h6,8-10,13,18H,3-5,7H2,1-2H3. The first kappa shape index (κ1) is 12.4. The first-order chi connectivity index (χ1) is 9.09. The second-order valence-corrected chi connectivity index (χ2v) is 6.27. The van der Waals surface area contributed by atoms with E-state index in [-0.39, 0.29) is 17.1 Å². The van der Waals surface area contributed by atoms with E-state index in [4.69, 9.17) is 0 Å². The minimum Gasteiger partial charge on any atom is -0.360 e. The van der Waals surface area contributed by atoms with E-state index in [0.29, 0.717) is 0 Å². The maximum Gasteiger partial charge on any atom is 0.168 e. The molecule has 2 aromatic rings. The van der Waals surface area contributed by atoms with Gasteiger partial charge in [-0.2, -0.15) is 0 Å². The van der Waals surface area contributed by atoms with Gasteiger partial charge < -0.3 is 4.98 Å². The van der Waals surface area contributed by atoms with Crippen molar-refractivity contribution < 1.29 is 4.79 Å². The molecule has 1 saturated carbocycles. The van der Waals surface area contributed by atoms with E-state index in [0.717, 1.165) is 29.3 Å². The van der Waals surface area contributed by atoms with Gasteiger partial charge in [0.1, 0.15) is 0 Å². The highest BCUT2D eigenvalue weighted by Crippen LogP contribution is 2.42. The number of rotatable bonds is 2. The number of aromatic amines is 1. The first-order valence-corrected chi connectivity index (χ1v) is 7.05. The van der Waals surface area contributed by atoms with Gasteiger partial charge in [-0.3, -0.25) is 9.78 Å². The lowest BCUT2D eigenvalue weighted by Gasteiger charge is -2.37. The Bertz CT molecular complexity index is 612. The number of carbonyl (C=O) groups is 1. The Balaban J connectivity index is 1.99. The Morgan fingerprint density at radius 1 is 1.42 bits per heavy atom. The molecule has 1 atom stereocenters. The van der Waals surface area contributed by atoms with Crippen molar-refractivity contribution >= 4 is 16.7 Å². The summed E-state index contributed by atoms with van der Waals surface area (Å²) < 4.78 is 0. The maximum absolute atomic E-state index is 12.8. The Hall–Kier alpha value is -1.64. The predicted octanol–water partition coefficient (Wildman–Crippen LogP) is 3.96. The largest absolute Gasteiger partial charge is 0.360 e. The van der Waals surface area contributed by atoms with Gasteiger partial charge in [-0.25, -0.2) is 0 Å². The van der Waals surface area contributed by atoms with Gasteiger partial charge in [0.05, 0.1) is 0 Å². The summed E-state index contributed by atoms with van der Waals surface area (Å²) in [6.07, 6.45) is 9.95. The molecule has 2 aromatic heterocycles. The summed E-state index contributed by atoms with van der Waals surface area (Å²) >= 11 is 0. The van der Waals surface area contributed by atoms with Crippen molar-refractivity contribution in [2.24, 2.45) is 11.3 Å². The lowest BCUT2D eigenvalue weighted by Crippen LogP contribution is -2.34. The number of nitrogens with zero attached hydrogens (tertiary/aromatic N) is 1. The molecule has 0 amide bonds. The number of ketones is 1. The summed E-state index contributed by atoms with van der Waals surface area (Å²) in [7, 11) is 0. The van der Waals surface area contributed by atoms with Crippen molar-refractivity contribution in [1.29, 1.82) is 0 Å². The van der Waals surface area contributed by atoms with Crippen molar-refractivity contribution in [1.82, 2.24) is 9.97 Å². The Morgan fingerprint density at radius 2 is 2.26 bits per heavy atom. The zero-order chi connectivity index (χ0) is 13.5. The Labute approximate surface area is 113 Å². The highest BCUT2D eigenvalue weighted by Gasteiger charge is 2.38. The summed E-state index contributed by atoms with van der Waals surface area (Å²) in [6, 6.07) is 1.91. The normalized spacial score (nSPS) is 22.5. The Kier molecular flexibility index (Phi) is 2.92. The van der Waals surface area contributed by atoms with Crippen molar-refractivity contribution in [3.8, 4) is 0 Å². The second-order valence-electron chi connectivity index (χ2n) is 6.27. The van der Waals surface area contributed by atoms with E-state index >= 15 is 0 Å². The average molecular weight is 256 g/mol. The van der Waals surface area contributed by atoms with Crippen LogP contribution in [-0.2, 0) is 0 Å². The quantitative estimate of drug-likeness (QED) is 0.826. The van der Waals surface area contributed by atoms with Gasteiger partial charge in [-0.15, -0.1) is 0 Å². The average Bonchev–Trinajstić information content (AvgIpc) is 2.81. The number of pyridine rings is 1. The molecule has 1 aliphatic rings. The fraction of sp³-hybridized carbons (Fsp3) is 0.500. The zero-order valence-corrected chi connectivity index (χ0v) is 11.6. The number of hydrogen-bond acceptors (Lipinski definition) is 2. The van der Waals surface area contributed by atoms with Crippen LogP contribution < -0.4 is 0 Å². The molecule has 1 N–H and O–H groups in total. The first-order valence-electron chi connectivity index (χ1n) is 7.05. The number of Topliss-reactive ketones (excluding diaryl/α,β-unsaturated/α-hetero) is 1. The van der Waals surface area contributed by atoms with E-state index in [1.165, 1.54) is 12.8 Å². The van der Waals surface area contributed by atoms with Gasteiger partial charge >= 0.3 is 0 Å². The van der Waals surface area contributed by atoms with Crippen LogP contribution in [0.2, 0.25) is 0 Å². The van der Waals surface area contributed by atoms with E-state index < -0.39 is 0 Å². The molecule has 3 nitrogen and oxygen atoms in total. The van der Waals surface area contributed by atoms with Gasteiger partial charge in [0.15, 0.2) is 5.78 Å². The smallest absolute Gasteiger partial charge is 0.168 e. The van der Waals surface area contributed by atoms with Gasteiger partial charge in [0.2, 0.25) is 0 Å². The number of fused-ring (bicyclic) bond motifs is 1. The van der Waals surface area contributed by atoms with Crippen LogP contribution >= 0.6 is 0 Å². The van der Waals surface area contributed by atoms with E-state index in [1.807, 2.05) is 12.3 Å². The van der Waals surface area contributed by atoms with Crippen molar-refractivity contribution in [3.05, 3.63) is 30.2 Å². The minimum atomic E-state index is 0.112. The zero-order valence-electron chi connectivity index (χ0n) is 11.6. The van der Waals surface area contributed by atoms with Gasteiger partial charge in [-0.1, -0.05) is 26.7 Å². The molecular formula is C16H20N2O. The summed E-state index contributed by atoms with van der Waals surface area (Å²) in [4.78, 5) is 20.2. The van der Waals surface area contributed by atoms with Gasteiger partial charge in [0, 0.05) is 41.0 Å². The lowest BCUT2D eigenvalue weighted by atomic mass is 9.66. The molecule has 0 aliphatic heterocycles. The third kappa shape index (κ3) is 2.07. The molecular weight excluding hydrogens is 236 g/mol. The van der Waals surface area contributed by atoms with E-state index in [9.17, 15) is 4.79 Å². The monoisotopic (exact) mass is 256 g/mol. The number of hydrogen-bond donors (Lipinski definition) is 1. The molecule has 0 radical (unpaired) electrons. The van der Waals surface area contributed by atoms with E-state index in [1.54, 1.807) is 12.4 Å². The SMILES string of the molecule is CC1(C)CCCCC1C(=O)c1c[nH]c2ccncc12. The van der Waals surface area contributed by atoms with Crippen molar-refractivity contribution in [2.75, 3.05) is 0 Å². The molecule has 2 heterocycles. The van der Waals surface area contributed by atoms with Crippen LogP contribution in [0.1, 0.15) is 49.9 Å². The molecule has 0 spiro atoms. The molecule has 0 aromatic carbocycles. The number of H-pyrrole nitrogens is 1. The van der Waals surface area contributed by atoms with Crippen LogP contribution in [0.3, 0.4) is 0 Å². The minimum absolute atomic E-state index is 0.112. The van der Waals surface area contributed by atoms with Crippen LogP contribution in [0, 0.1) is 11.3 Å². The van der Waals surface area contributed by atoms with Crippen molar-refractivity contribution in [3.63, 3.8) is 0 Å². The molecule has 1 aliphatic carbocycles. The number of aromatic nitrogens is 2. The molecule has 100 valence electrons. The lowest BCUT2D eigenvalue weighted by molar-refractivity contribution is 0.0699. The van der Waals surface area contributed by atoms with Crippen LogP contribution in [0.5, 0.6) is 0 Å². The number of nitrogens with one attached hydrogen (secondary N) is 1. The van der Waals surface area contributed by atoms with Crippen LogP contribution in [-0.4, -0.2) is 15.8 Å². The number of carbonyl (C=O) groups excluding carboxylic acids is 1. The molecule has 1 fully saturated rings. The second kappa shape index (κ2) is 4.48. The van der Waals surface area contributed by atoms with Gasteiger partial charge in [-0.05, 0) is 24.3 Å². The molecule has 0 bridgehead atoms. The summed E-state index contributed by atoms with van der Waals surface area (Å²) in [5.74, 6) is 0.421. The molecule has 19 heavy (non-hydrogen) atoms. The fourth-order valence-corrected chi connectivity index (χ4v) is 3.33. The fourth-order valence-electron chi connectivity index (χ4n) is 3.33. The molecule has 3 heteroatoms. The molecule has 3 rings (SSSR count). The predicted molar refractivity (Wildman–Crippen MR) is 76.2 cm³/mol. The van der Waals surface area contributed by atoms with Crippen molar-refractivity contribution in [2.45, 2.75) is 39.5 Å². The third-order valence-corrected chi connectivity index (χ3v) is 4.57. The van der Waals surface area contributed by atoms with Crippen LogP contribution in [0.4, 0.5) is 0 Å². The van der Waals surface area contributed by atoms with Crippen LogP contribution in [0.25, 0.3) is 10.9 Å². The summed E-state index contributed by atoms with van der Waals surface area (Å²) in [5.41, 5.74) is 1.91. The van der Waals surface area contributed by atoms with Gasteiger partial charge in [0.25, 0.3) is 0 Å². The summed E-state index contributed by atoms with van der Waals surface area (Å²) in [5, 5.41) is 0.953. The maximum atomic E-state index is 12.8. The highest BCUT2D eigenvalue weighted by molar-refractivity contribution is 6.08. The topological polar surface area (TPSA) is 45.8 Å². The third-order valence-electron chi connectivity index (χ3n) is 4.57. The molecule has 1 unspecified atom stereocenters. The Morgan fingerprint density at radius 3 is 3.05 bits per heavy atom.